The number of hydrogen-bond acceptors (Lipinski definition) is 3. The number of rotatable bonds is 2. The van der Waals surface area contributed by atoms with Crippen LogP contribution in [-0.4, -0.2) is 35.6 Å². The molecule has 17 heavy (non-hydrogen) atoms. The van der Waals surface area contributed by atoms with Crippen molar-refractivity contribution in [1.82, 2.24) is 4.90 Å². The fraction of sp³-hybridized carbons (Fsp3) is 0.846. The highest BCUT2D eigenvalue weighted by atomic mass is 16.3. The quantitative estimate of drug-likeness (QED) is 0.786. The average molecular weight is 236 g/mol. The minimum Gasteiger partial charge on any atom is -0.396 e. The molecule has 2 aliphatic rings. The van der Waals surface area contributed by atoms with Crippen molar-refractivity contribution in [2.75, 3.05) is 19.7 Å². The summed E-state index contributed by atoms with van der Waals surface area (Å²) >= 11 is 0. The topological polar surface area (TPSA) is 64.3 Å². The Morgan fingerprint density at radius 1 is 1.41 bits per heavy atom. The van der Waals surface area contributed by atoms with Crippen LogP contribution in [0.4, 0.5) is 0 Å². The number of nitrogens with zero attached hydrogens (tertiary/aromatic N) is 2. The third kappa shape index (κ3) is 2.30. The second-order valence-electron chi connectivity index (χ2n) is 5.41. The molecule has 1 aliphatic heterocycles. The molecule has 0 radical (unpaired) electrons. The van der Waals surface area contributed by atoms with Crippen molar-refractivity contribution >= 4 is 5.91 Å². The lowest BCUT2D eigenvalue weighted by atomic mass is 9.68. The summed E-state index contributed by atoms with van der Waals surface area (Å²) < 4.78 is 0. The maximum Gasteiger partial charge on any atom is 0.236 e. The smallest absolute Gasteiger partial charge is 0.236 e. The van der Waals surface area contributed by atoms with Crippen molar-refractivity contribution in [2.45, 2.75) is 38.5 Å². The van der Waals surface area contributed by atoms with Gasteiger partial charge in [0.25, 0.3) is 0 Å². The molecule has 4 nitrogen and oxygen atoms in total. The summed E-state index contributed by atoms with van der Waals surface area (Å²) in [5, 5.41) is 18.1. The minimum absolute atomic E-state index is 0.0335. The fourth-order valence-electron chi connectivity index (χ4n) is 3.48. The number of aliphatic hydroxyl groups is 1. The van der Waals surface area contributed by atoms with Crippen molar-refractivity contribution in [2.24, 2.45) is 11.3 Å². The molecule has 1 N–H and O–H groups in total. The molecule has 94 valence electrons. The molecule has 0 aromatic heterocycles. The van der Waals surface area contributed by atoms with Gasteiger partial charge in [-0.25, -0.2) is 0 Å². The molecule has 2 rings (SSSR count). The third-order valence-corrected chi connectivity index (χ3v) is 4.47. The molecule has 1 atom stereocenters. The van der Waals surface area contributed by atoms with E-state index in [2.05, 4.69) is 0 Å². The molecule has 1 saturated heterocycles. The van der Waals surface area contributed by atoms with Gasteiger partial charge in [-0.15, -0.1) is 0 Å². The summed E-state index contributed by atoms with van der Waals surface area (Å²) in [6.07, 6.45) is 5.89. The Labute approximate surface area is 102 Å². The highest BCUT2D eigenvalue weighted by molar-refractivity contribution is 5.78. The summed E-state index contributed by atoms with van der Waals surface area (Å²) in [6.45, 7) is 1.55. The average Bonchev–Trinajstić information content (AvgIpc) is 2.69. The highest BCUT2D eigenvalue weighted by Crippen LogP contribution is 2.47. The van der Waals surface area contributed by atoms with Gasteiger partial charge in [0.15, 0.2) is 0 Å². The van der Waals surface area contributed by atoms with Crippen LogP contribution in [0.5, 0.6) is 0 Å². The predicted octanol–water partition coefficient (Wildman–Crippen LogP) is 1.30. The van der Waals surface area contributed by atoms with E-state index in [0.717, 1.165) is 19.4 Å². The van der Waals surface area contributed by atoms with Crippen molar-refractivity contribution in [3.05, 3.63) is 0 Å². The molecule has 0 bridgehead atoms. The van der Waals surface area contributed by atoms with Crippen LogP contribution in [0, 0.1) is 22.7 Å². The lowest BCUT2D eigenvalue weighted by Gasteiger charge is -2.37. The fourth-order valence-corrected chi connectivity index (χ4v) is 3.48. The zero-order valence-electron chi connectivity index (χ0n) is 10.2. The number of nitriles is 1. The maximum atomic E-state index is 11.8. The molecular formula is C13H20N2O2. The number of likely N-dealkylation sites (tertiary alicyclic amines) is 1. The van der Waals surface area contributed by atoms with Gasteiger partial charge in [-0.1, -0.05) is 19.3 Å². The van der Waals surface area contributed by atoms with Crippen molar-refractivity contribution in [1.29, 1.82) is 5.26 Å². The summed E-state index contributed by atoms with van der Waals surface area (Å²) in [5.74, 6) is 0.138. The monoisotopic (exact) mass is 236 g/mol. The molecule has 1 aliphatic carbocycles. The Balaban J connectivity index is 2.08. The summed E-state index contributed by atoms with van der Waals surface area (Å²) in [5.41, 5.74) is 0.137. The van der Waals surface area contributed by atoms with E-state index < -0.39 is 0 Å². The van der Waals surface area contributed by atoms with E-state index in [0.29, 0.717) is 6.54 Å². The summed E-state index contributed by atoms with van der Waals surface area (Å²) in [7, 11) is 0. The zero-order chi connectivity index (χ0) is 12.3. The van der Waals surface area contributed by atoms with Gasteiger partial charge in [0.1, 0.15) is 6.42 Å². The van der Waals surface area contributed by atoms with Crippen LogP contribution in [0.1, 0.15) is 38.5 Å². The van der Waals surface area contributed by atoms with Crippen LogP contribution in [0.2, 0.25) is 0 Å². The van der Waals surface area contributed by atoms with E-state index in [1.807, 2.05) is 6.07 Å². The first-order chi connectivity index (χ1) is 8.22. The highest BCUT2D eigenvalue weighted by Gasteiger charge is 2.47. The lowest BCUT2D eigenvalue weighted by molar-refractivity contribution is -0.129. The Kier molecular flexibility index (Phi) is 3.68. The molecular weight excluding hydrogens is 216 g/mol. The number of carbonyl (C=O) groups excluding carboxylic acids is 1. The Hall–Kier alpha value is -1.08. The van der Waals surface area contributed by atoms with Crippen LogP contribution in [-0.2, 0) is 4.79 Å². The van der Waals surface area contributed by atoms with Crippen molar-refractivity contribution in [3.8, 4) is 6.07 Å². The third-order valence-electron chi connectivity index (χ3n) is 4.47. The van der Waals surface area contributed by atoms with Gasteiger partial charge in [0.2, 0.25) is 5.91 Å². The van der Waals surface area contributed by atoms with Gasteiger partial charge >= 0.3 is 0 Å². The van der Waals surface area contributed by atoms with Crippen LogP contribution >= 0.6 is 0 Å². The van der Waals surface area contributed by atoms with Gasteiger partial charge in [0.05, 0.1) is 6.07 Å². The Morgan fingerprint density at radius 2 is 2.12 bits per heavy atom. The van der Waals surface area contributed by atoms with E-state index in [4.69, 9.17) is 5.26 Å². The largest absolute Gasteiger partial charge is 0.396 e. The van der Waals surface area contributed by atoms with Crippen LogP contribution < -0.4 is 0 Å². The molecule has 0 aromatic rings. The second-order valence-corrected chi connectivity index (χ2v) is 5.41. The molecule has 2 fully saturated rings. The standard InChI is InChI=1S/C13H20N2O2/c14-7-4-12(17)15-8-11(9-16)13(10-15)5-2-1-3-6-13/h11,16H,1-6,8-10H2/t11-/m1/s1. The number of amides is 1. The van der Waals surface area contributed by atoms with E-state index in [1.54, 1.807) is 4.90 Å². The molecule has 1 spiro atoms. The molecule has 1 amide bonds. The molecule has 0 aromatic carbocycles. The van der Waals surface area contributed by atoms with Crippen LogP contribution in [0.25, 0.3) is 0 Å². The van der Waals surface area contributed by atoms with E-state index in [-0.39, 0.29) is 30.3 Å². The first-order valence-corrected chi connectivity index (χ1v) is 6.47. The summed E-state index contributed by atoms with van der Waals surface area (Å²) in [6, 6.07) is 1.91. The summed E-state index contributed by atoms with van der Waals surface area (Å²) in [4.78, 5) is 13.5. The number of hydrogen-bond donors (Lipinski definition) is 1. The van der Waals surface area contributed by atoms with Gasteiger partial charge < -0.3 is 10.0 Å². The normalized spacial score (nSPS) is 27.1. The first-order valence-electron chi connectivity index (χ1n) is 6.47. The lowest BCUT2D eigenvalue weighted by Crippen LogP contribution is -2.35. The van der Waals surface area contributed by atoms with Gasteiger partial charge in [-0.2, -0.15) is 5.26 Å². The van der Waals surface area contributed by atoms with Crippen LogP contribution in [0.3, 0.4) is 0 Å². The van der Waals surface area contributed by atoms with E-state index >= 15 is 0 Å². The van der Waals surface area contributed by atoms with Crippen molar-refractivity contribution in [3.63, 3.8) is 0 Å². The predicted molar refractivity (Wildman–Crippen MR) is 62.9 cm³/mol. The maximum absolute atomic E-state index is 11.8. The van der Waals surface area contributed by atoms with Gasteiger partial charge in [0, 0.05) is 25.6 Å². The first kappa shape index (κ1) is 12.4. The zero-order valence-corrected chi connectivity index (χ0v) is 10.2. The van der Waals surface area contributed by atoms with E-state index in [9.17, 15) is 9.90 Å². The van der Waals surface area contributed by atoms with Crippen LogP contribution in [0.15, 0.2) is 0 Å². The molecule has 1 heterocycles. The van der Waals surface area contributed by atoms with Crippen molar-refractivity contribution < 1.29 is 9.90 Å². The van der Waals surface area contributed by atoms with Gasteiger partial charge in [-0.05, 0) is 18.3 Å². The molecule has 0 unspecified atom stereocenters. The van der Waals surface area contributed by atoms with E-state index in [1.165, 1.54) is 19.3 Å². The molecule has 1 saturated carbocycles. The second kappa shape index (κ2) is 5.05. The Bertz CT molecular complexity index is 329. The SMILES string of the molecule is N#CCC(=O)N1C[C@H](CO)C2(CCCCC2)C1. The minimum atomic E-state index is -0.0756. The molecule has 4 heteroatoms. The Morgan fingerprint density at radius 3 is 2.71 bits per heavy atom. The number of carbonyl (C=O) groups is 1. The van der Waals surface area contributed by atoms with Gasteiger partial charge in [-0.3, -0.25) is 4.79 Å². The number of aliphatic hydroxyl groups excluding tert-OH is 1.